The number of nitrogens with zero attached hydrogens (tertiary/aromatic N) is 4. The van der Waals surface area contributed by atoms with Gasteiger partial charge in [0.15, 0.2) is 5.82 Å². The van der Waals surface area contributed by atoms with Gasteiger partial charge in [-0.2, -0.15) is 18.3 Å². The molecule has 0 saturated heterocycles. The van der Waals surface area contributed by atoms with Crippen LogP contribution in [-0.4, -0.2) is 38.7 Å². The zero-order valence-corrected chi connectivity index (χ0v) is 14.9. The standard InChI is InChI=1S/C18H17F3N6O/c1-12-6-9-27(26-12)16-10-15(24-11-25-16)22-7-8-23-17(28)13-2-4-14(5-3-13)18(19,20)21/h2-6,9-11H,7-8H2,1H3,(H,23,28)(H,22,24,25). The first-order valence-electron chi connectivity index (χ1n) is 8.37. The van der Waals surface area contributed by atoms with Crippen LogP contribution in [0.5, 0.6) is 0 Å². The summed E-state index contributed by atoms with van der Waals surface area (Å²) in [6.07, 6.45) is -1.24. The maximum Gasteiger partial charge on any atom is 0.416 e. The number of nitrogens with one attached hydrogen (secondary N) is 2. The summed E-state index contributed by atoms with van der Waals surface area (Å²) in [5.41, 5.74) is 0.225. The van der Waals surface area contributed by atoms with Crippen molar-refractivity contribution in [3.05, 3.63) is 65.7 Å². The average Bonchev–Trinajstić information content (AvgIpc) is 3.11. The van der Waals surface area contributed by atoms with E-state index in [0.717, 1.165) is 30.0 Å². The van der Waals surface area contributed by atoms with E-state index < -0.39 is 17.6 Å². The first-order valence-corrected chi connectivity index (χ1v) is 8.37. The molecule has 0 aliphatic rings. The molecule has 3 aromatic rings. The molecule has 7 nitrogen and oxygen atoms in total. The second-order valence-electron chi connectivity index (χ2n) is 5.92. The van der Waals surface area contributed by atoms with Crippen molar-refractivity contribution in [3.8, 4) is 5.82 Å². The van der Waals surface area contributed by atoms with E-state index in [1.54, 1.807) is 16.9 Å². The third-order valence-electron chi connectivity index (χ3n) is 3.80. The van der Waals surface area contributed by atoms with Crippen LogP contribution in [0.15, 0.2) is 48.9 Å². The second kappa shape index (κ2) is 8.07. The highest BCUT2D eigenvalue weighted by atomic mass is 19.4. The summed E-state index contributed by atoms with van der Waals surface area (Å²) in [7, 11) is 0. The molecule has 1 amide bonds. The van der Waals surface area contributed by atoms with Gasteiger partial charge in [0.2, 0.25) is 0 Å². The third kappa shape index (κ3) is 4.84. The van der Waals surface area contributed by atoms with Gasteiger partial charge in [-0.3, -0.25) is 4.79 Å². The van der Waals surface area contributed by atoms with Gasteiger partial charge in [0.25, 0.3) is 5.91 Å². The molecule has 0 fully saturated rings. The van der Waals surface area contributed by atoms with Crippen molar-refractivity contribution < 1.29 is 18.0 Å². The fourth-order valence-corrected chi connectivity index (χ4v) is 2.39. The first kappa shape index (κ1) is 19.3. The Hall–Kier alpha value is -3.43. The van der Waals surface area contributed by atoms with Crippen LogP contribution in [0.3, 0.4) is 0 Å². The highest BCUT2D eigenvalue weighted by Crippen LogP contribution is 2.29. The van der Waals surface area contributed by atoms with Crippen LogP contribution in [0.4, 0.5) is 19.0 Å². The molecule has 2 N–H and O–H groups in total. The number of carbonyl (C=O) groups is 1. The zero-order chi connectivity index (χ0) is 20.1. The molecule has 0 saturated carbocycles. The van der Waals surface area contributed by atoms with E-state index in [1.165, 1.54) is 6.33 Å². The van der Waals surface area contributed by atoms with Gasteiger partial charge in [0.05, 0.1) is 11.3 Å². The van der Waals surface area contributed by atoms with E-state index in [0.29, 0.717) is 18.2 Å². The highest BCUT2D eigenvalue weighted by molar-refractivity contribution is 5.94. The Kier molecular flexibility index (Phi) is 5.57. The highest BCUT2D eigenvalue weighted by Gasteiger charge is 2.30. The molecule has 0 aliphatic heterocycles. The average molecular weight is 390 g/mol. The lowest BCUT2D eigenvalue weighted by Crippen LogP contribution is -2.29. The molecule has 1 aromatic carbocycles. The number of anilines is 1. The molecule has 0 radical (unpaired) electrons. The van der Waals surface area contributed by atoms with Gasteiger partial charge in [0.1, 0.15) is 12.1 Å². The van der Waals surface area contributed by atoms with Crippen molar-refractivity contribution in [2.45, 2.75) is 13.1 Å². The quantitative estimate of drug-likeness (QED) is 0.633. The molecule has 0 aliphatic carbocycles. The lowest BCUT2D eigenvalue weighted by atomic mass is 10.1. The molecular formula is C18H17F3N6O. The summed E-state index contributed by atoms with van der Waals surface area (Å²) in [6.45, 7) is 2.51. The Morgan fingerprint density at radius 1 is 1.11 bits per heavy atom. The number of halogens is 3. The summed E-state index contributed by atoms with van der Waals surface area (Å²) in [5.74, 6) is 0.701. The smallest absolute Gasteiger partial charge is 0.368 e. The lowest BCUT2D eigenvalue weighted by molar-refractivity contribution is -0.137. The predicted octanol–water partition coefficient (Wildman–Crippen LogP) is 2.83. The number of aryl methyl sites for hydroxylation is 1. The van der Waals surface area contributed by atoms with Crippen LogP contribution < -0.4 is 10.6 Å². The molecule has 10 heteroatoms. The predicted molar refractivity (Wildman–Crippen MR) is 96.2 cm³/mol. The number of hydrogen-bond donors (Lipinski definition) is 2. The first-order chi connectivity index (χ1) is 13.3. The van der Waals surface area contributed by atoms with Gasteiger partial charge in [-0.15, -0.1) is 0 Å². The Morgan fingerprint density at radius 2 is 1.86 bits per heavy atom. The van der Waals surface area contributed by atoms with Crippen molar-refractivity contribution in [2.24, 2.45) is 0 Å². The monoisotopic (exact) mass is 390 g/mol. The fourth-order valence-electron chi connectivity index (χ4n) is 2.39. The number of benzene rings is 1. The molecule has 0 spiro atoms. The number of hydrogen-bond acceptors (Lipinski definition) is 5. The molecule has 3 rings (SSSR count). The van der Waals surface area contributed by atoms with Gasteiger partial charge >= 0.3 is 6.18 Å². The van der Waals surface area contributed by atoms with E-state index in [-0.39, 0.29) is 12.1 Å². The Bertz CT molecular complexity index is 952. The van der Waals surface area contributed by atoms with Crippen molar-refractivity contribution >= 4 is 11.7 Å². The lowest BCUT2D eigenvalue weighted by Gasteiger charge is -2.09. The summed E-state index contributed by atoms with van der Waals surface area (Å²) < 4.78 is 39.3. The van der Waals surface area contributed by atoms with E-state index >= 15 is 0 Å². The molecule has 2 aromatic heterocycles. The van der Waals surface area contributed by atoms with E-state index in [9.17, 15) is 18.0 Å². The van der Waals surface area contributed by atoms with Gasteiger partial charge < -0.3 is 10.6 Å². The van der Waals surface area contributed by atoms with Crippen molar-refractivity contribution in [1.29, 1.82) is 0 Å². The van der Waals surface area contributed by atoms with Crippen LogP contribution in [0, 0.1) is 6.92 Å². The number of alkyl halides is 3. The minimum absolute atomic E-state index is 0.159. The Balaban J connectivity index is 1.50. The number of aromatic nitrogens is 4. The van der Waals surface area contributed by atoms with Crippen LogP contribution in [0.2, 0.25) is 0 Å². The SMILES string of the molecule is Cc1ccn(-c2cc(NCCNC(=O)c3ccc(C(F)(F)F)cc3)ncn2)n1. The Labute approximate surface area is 158 Å². The van der Waals surface area contributed by atoms with Crippen LogP contribution in [-0.2, 0) is 6.18 Å². The minimum atomic E-state index is -4.43. The number of carbonyl (C=O) groups excluding carboxylic acids is 1. The molecule has 2 heterocycles. The van der Waals surface area contributed by atoms with Crippen molar-refractivity contribution in [2.75, 3.05) is 18.4 Å². The molecule has 146 valence electrons. The van der Waals surface area contributed by atoms with E-state index in [2.05, 4.69) is 25.7 Å². The van der Waals surface area contributed by atoms with Gasteiger partial charge in [-0.1, -0.05) is 0 Å². The Morgan fingerprint density at radius 3 is 2.50 bits per heavy atom. The molecule has 0 unspecified atom stereocenters. The number of rotatable bonds is 6. The molecule has 0 bridgehead atoms. The fraction of sp³-hybridized carbons (Fsp3) is 0.222. The number of amides is 1. The van der Waals surface area contributed by atoms with E-state index in [1.807, 2.05) is 13.0 Å². The van der Waals surface area contributed by atoms with Crippen molar-refractivity contribution in [1.82, 2.24) is 25.1 Å². The summed E-state index contributed by atoms with van der Waals surface area (Å²) >= 11 is 0. The topological polar surface area (TPSA) is 84.7 Å². The maximum atomic E-state index is 12.5. The maximum absolute atomic E-state index is 12.5. The zero-order valence-electron chi connectivity index (χ0n) is 14.9. The largest absolute Gasteiger partial charge is 0.416 e. The summed E-state index contributed by atoms with van der Waals surface area (Å²) in [6, 6.07) is 7.62. The van der Waals surface area contributed by atoms with Crippen LogP contribution >= 0.6 is 0 Å². The molecular weight excluding hydrogens is 373 g/mol. The normalized spacial score (nSPS) is 11.3. The van der Waals surface area contributed by atoms with E-state index in [4.69, 9.17) is 0 Å². The van der Waals surface area contributed by atoms with Gasteiger partial charge in [-0.05, 0) is 37.3 Å². The molecule has 0 atom stereocenters. The van der Waals surface area contributed by atoms with Crippen LogP contribution in [0.1, 0.15) is 21.6 Å². The summed E-state index contributed by atoms with van der Waals surface area (Å²) in [5, 5.41) is 9.94. The van der Waals surface area contributed by atoms with Gasteiger partial charge in [-0.25, -0.2) is 14.6 Å². The molecule has 28 heavy (non-hydrogen) atoms. The minimum Gasteiger partial charge on any atom is -0.368 e. The van der Waals surface area contributed by atoms with Gasteiger partial charge in [0, 0.05) is 30.9 Å². The third-order valence-corrected chi connectivity index (χ3v) is 3.80. The summed E-state index contributed by atoms with van der Waals surface area (Å²) in [4.78, 5) is 20.2. The van der Waals surface area contributed by atoms with Crippen LogP contribution in [0.25, 0.3) is 5.82 Å². The second-order valence-corrected chi connectivity index (χ2v) is 5.92. The van der Waals surface area contributed by atoms with Crippen molar-refractivity contribution in [3.63, 3.8) is 0 Å².